The van der Waals surface area contributed by atoms with Crippen LogP contribution in [0.2, 0.25) is 0 Å². The Morgan fingerprint density at radius 3 is 2.71 bits per heavy atom. The number of nitrogens with zero attached hydrogens (tertiary/aromatic N) is 1. The van der Waals surface area contributed by atoms with Crippen molar-refractivity contribution in [1.29, 1.82) is 0 Å². The number of aromatic amines is 1. The quantitative estimate of drug-likeness (QED) is 0.690. The van der Waals surface area contributed by atoms with E-state index in [9.17, 15) is 9.59 Å². The van der Waals surface area contributed by atoms with Gasteiger partial charge >= 0.3 is 5.97 Å². The van der Waals surface area contributed by atoms with Gasteiger partial charge in [0.15, 0.2) is 5.69 Å². The van der Waals surface area contributed by atoms with Crippen LogP contribution in [0.3, 0.4) is 0 Å². The van der Waals surface area contributed by atoms with E-state index in [1.54, 1.807) is 12.1 Å². The standard InChI is InChI=1S/C9H6N2O3/c12-7-4-2-5-1-3-6(9(13)14)10-8(5)11-7/h1-4H,(H,13,14)(H,10,11,12). The van der Waals surface area contributed by atoms with Gasteiger partial charge in [-0.25, -0.2) is 9.78 Å². The van der Waals surface area contributed by atoms with Crippen LogP contribution >= 0.6 is 0 Å². The summed E-state index contributed by atoms with van der Waals surface area (Å²) >= 11 is 0. The molecule has 70 valence electrons. The molecule has 14 heavy (non-hydrogen) atoms. The van der Waals surface area contributed by atoms with Crippen molar-refractivity contribution in [2.24, 2.45) is 0 Å². The highest BCUT2D eigenvalue weighted by molar-refractivity contribution is 5.88. The molecule has 0 aliphatic carbocycles. The van der Waals surface area contributed by atoms with Crippen molar-refractivity contribution in [1.82, 2.24) is 9.97 Å². The predicted octanol–water partition coefficient (Wildman–Crippen LogP) is 0.621. The molecule has 0 atom stereocenters. The molecule has 2 heterocycles. The molecule has 0 fully saturated rings. The largest absolute Gasteiger partial charge is 0.477 e. The van der Waals surface area contributed by atoms with Crippen LogP contribution in [-0.2, 0) is 0 Å². The molecule has 0 amide bonds. The highest BCUT2D eigenvalue weighted by Gasteiger charge is 2.05. The fourth-order valence-corrected chi connectivity index (χ4v) is 1.15. The van der Waals surface area contributed by atoms with Crippen molar-refractivity contribution in [2.75, 3.05) is 0 Å². The Kier molecular flexibility index (Phi) is 1.78. The fraction of sp³-hybridized carbons (Fsp3) is 0. The van der Waals surface area contributed by atoms with Gasteiger partial charge in [0.25, 0.3) is 0 Å². The van der Waals surface area contributed by atoms with Crippen LogP contribution in [0, 0.1) is 0 Å². The third-order valence-electron chi connectivity index (χ3n) is 1.80. The first-order chi connectivity index (χ1) is 6.66. The third kappa shape index (κ3) is 1.35. The van der Waals surface area contributed by atoms with E-state index in [4.69, 9.17) is 5.11 Å². The lowest BCUT2D eigenvalue weighted by Crippen LogP contribution is -2.06. The first-order valence-corrected chi connectivity index (χ1v) is 3.90. The topological polar surface area (TPSA) is 83.0 Å². The smallest absolute Gasteiger partial charge is 0.354 e. The molecular weight excluding hydrogens is 184 g/mol. The Labute approximate surface area is 78.0 Å². The van der Waals surface area contributed by atoms with E-state index in [0.717, 1.165) is 0 Å². The number of H-pyrrole nitrogens is 1. The fourth-order valence-electron chi connectivity index (χ4n) is 1.15. The van der Waals surface area contributed by atoms with Gasteiger partial charge in [-0.2, -0.15) is 0 Å². The molecule has 5 nitrogen and oxygen atoms in total. The van der Waals surface area contributed by atoms with E-state index in [-0.39, 0.29) is 16.9 Å². The number of carboxylic acid groups (broad SMARTS) is 1. The third-order valence-corrected chi connectivity index (χ3v) is 1.80. The second-order valence-electron chi connectivity index (χ2n) is 2.76. The summed E-state index contributed by atoms with van der Waals surface area (Å²) in [5.41, 5.74) is -0.0933. The lowest BCUT2D eigenvalue weighted by Gasteiger charge is -1.97. The number of hydrogen-bond donors (Lipinski definition) is 2. The molecule has 2 N–H and O–H groups in total. The molecule has 0 unspecified atom stereocenters. The maximum atomic E-state index is 10.9. The monoisotopic (exact) mass is 190 g/mol. The van der Waals surface area contributed by atoms with Gasteiger partial charge in [0.05, 0.1) is 0 Å². The number of carbonyl (C=O) groups is 1. The van der Waals surface area contributed by atoms with E-state index in [1.807, 2.05) is 0 Å². The lowest BCUT2D eigenvalue weighted by atomic mass is 10.2. The maximum Gasteiger partial charge on any atom is 0.354 e. The van der Waals surface area contributed by atoms with Crippen LogP contribution in [0.25, 0.3) is 11.0 Å². The molecule has 0 saturated heterocycles. The van der Waals surface area contributed by atoms with Crippen LogP contribution in [0.15, 0.2) is 29.1 Å². The zero-order chi connectivity index (χ0) is 10.1. The van der Waals surface area contributed by atoms with Gasteiger partial charge in [-0.05, 0) is 18.2 Å². The molecule has 0 aliphatic heterocycles. The summed E-state index contributed by atoms with van der Waals surface area (Å²) in [5, 5.41) is 9.36. The van der Waals surface area contributed by atoms with Gasteiger partial charge in [0.2, 0.25) is 5.56 Å². The molecule has 0 saturated carbocycles. The minimum Gasteiger partial charge on any atom is -0.477 e. The number of carboxylic acids is 1. The number of aromatic carboxylic acids is 1. The summed E-state index contributed by atoms with van der Waals surface area (Å²) in [4.78, 5) is 27.7. The number of fused-ring (bicyclic) bond motifs is 1. The average molecular weight is 190 g/mol. The van der Waals surface area contributed by atoms with E-state index in [2.05, 4.69) is 9.97 Å². The molecule has 2 aromatic rings. The highest BCUT2D eigenvalue weighted by atomic mass is 16.4. The summed E-state index contributed by atoms with van der Waals surface area (Å²) in [7, 11) is 0. The molecule has 2 rings (SSSR count). The normalized spacial score (nSPS) is 10.3. The van der Waals surface area contributed by atoms with Gasteiger partial charge in [0, 0.05) is 11.5 Å². The summed E-state index contributed by atoms with van der Waals surface area (Å²) in [5.74, 6) is -1.11. The SMILES string of the molecule is O=C(O)c1ccc2ccc(=O)[nH]c2n1. The molecule has 0 aromatic carbocycles. The van der Waals surface area contributed by atoms with Crippen molar-refractivity contribution in [3.8, 4) is 0 Å². The number of hydrogen-bond acceptors (Lipinski definition) is 3. The van der Waals surface area contributed by atoms with Crippen molar-refractivity contribution >= 4 is 17.0 Å². The van der Waals surface area contributed by atoms with Gasteiger partial charge < -0.3 is 10.1 Å². The average Bonchev–Trinajstić information content (AvgIpc) is 2.16. The summed E-state index contributed by atoms with van der Waals surface area (Å²) in [6.07, 6.45) is 0. The Morgan fingerprint density at radius 2 is 2.00 bits per heavy atom. The minimum atomic E-state index is -1.11. The van der Waals surface area contributed by atoms with Gasteiger partial charge in [0.1, 0.15) is 5.65 Å². The van der Waals surface area contributed by atoms with Crippen molar-refractivity contribution in [3.05, 3.63) is 40.3 Å². The van der Waals surface area contributed by atoms with Crippen LogP contribution in [0.4, 0.5) is 0 Å². The summed E-state index contributed by atoms with van der Waals surface area (Å²) in [6.45, 7) is 0. The van der Waals surface area contributed by atoms with Gasteiger partial charge in [-0.3, -0.25) is 4.79 Å². The summed E-state index contributed by atoms with van der Waals surface area (Å²) in [6, 6.07) is 5.95. The molecule has 0 radical (unpaired) electrons. The number of aromatic nitrogens is 2. The first-order valence-electron chi connectivity index (χ1n) is 3.90. The highest BCUT2D eigenvalue weighted by Crippen LogP contribution is 2.07. The van der Waals surface area contributed by atoms with Crippen LogP contribution in [0.5, 0.6) is 0 Å². The predicted molar refractivity (Wildman–Crippen MR) is 49.3 cm³/mol. The van der Waals surface area contributed by atoms with Crippen molar-refractivity contribution < 1.29 is 9.90 Å². The zero-order valence-electron chi connectivity index (χ0n) is 7.02. The Bertz CT molecular complexity index is 559. The molecule has 2 aromatic heterocycles. The number of pyridine rings is 2. The Morgan fingerprint density at radius 1 is 1.29 bits per heavy atom. The van der Waals surface area contributed by atoms with E-state index < -0.39 is 5.97 Å². The maximum absolute atomic E-state index is 10.9. The number of rotatable bonds is 1. The van der Waals surface area contributed by atoms with Crippen LogP contribution < -0.4 is 5.56 Å². The zero-order valence-corrected chi connectivity index (χ0v) is 7.02. The molecule has 0 bridgehead atoms. The van der Waals surface area contributed by atoms with E-state index >= 15 is 0 Å². The minimum absolute atomic E-state index is 0.0839. The van der Waals surface area contributed by atoms with E-state index in [0.29, 0.717) is 5.39 Å². The van der Waals surface area contributed by atoms with Gasteiger partial charge in [-0.1, -0.05) is 0 Å². The van der Waals surface area contributed by atoms with Crippen molar-refractivity contribution in [3.63, 3.8) is 0 Å². The van der Waals surface area contributed by atoms with Crippen LogP contribution in [-0.4, -0.2) is 21.0 Å². The summed E-state index contributed by atoms with van der Waals surface area (Å²) < 4.78 is 0. The molecule has 5 heteroatoms. The van der Waals surface area contributed by atoms with Crippen molar-refractivity contribution in [2.45, 2.75) is 0 Å². The second-order valence-corrected chi connectivity index (χ2v) is 2.76. The lowest BCUT2D eigenvalue weighted by molar-refractivity contribution is 0.0691. The first kappa shape index (κ1) is 8.43. The van der Waals surface area contributed by atoms with Crippen LogP contribution in [0.1, 0.15) is 10.5 Å². The second kappa shape index (κ2) is 2.95. The molecule has 0 aliphatic rings. The van der Waals surface area contributed by atoms with Gasteiger partial charge in [-0.15, -0.1) is 0 Å². The molecule has 0 spiro atoms. The number of nitrogens with one attached hydrogen (secondary N) is 1. The van der Waals surface area contributed by atoms with E-state index in [1.165, 1.54) is 12.1 Å². The Hall–Kier alpha value is -2.17. The Balaban J connectivity index is 2.75. The molecular formula is C9H6N2O3.